The first-order valence-electron chi connectivity index (χ1n) is 11.5. The molecule has 5 rings (SSSR count). The van der Waals surface area contributed by atoms with Gasteiger partial charge in [-0.2, -0.15) is 5.10 Å². The van der Waals surface area contributed by atoms with Crippen molar-refractivity contribution in [1.82, 2.24) is 19.7 Å². The topological polar surface area (TPSA) is 87.4 Å². The summed E-state index contributed by atoms with van der Waals surface area (Å²) in [6.07, 6.45) is 8.60. The average molecular weight is 427 g/mol. The molecular weight excluding hydrogens is 396 g/mol. The van der Waals surface area contributed by atoms with E-state index in [1.807, 2.05) is 18.2 Å². The molecule has 2 aromatic rings. The minimum absolute atomic E-state index is 0.0230. The van der Waals surface area contributed by atoms with E-state index in [9.17, 15) is 9.59 Å². The standard InChI is InChI=1S/C23H30N4O4/c28-21(24-12-6-14-27-22(29)26-13-5-2-7-20(26)25-27)23(10-3-1-4-11-23)17-8-9-18-19(15-17)31-16-30-18/h8-9,15H,1-7,10-14,16H2,(H,24,28). The maximum atomic E-state index is 13.4. The van der Waals surface area contributed by atoms with Crippen LogP contribution in [-0.4, -0.2) is 33.6 Å². The summed E-state index contributed by atoms with van der Waals surface area (Å²) in [6.45, 7) is 2.05. The molecule has 31 heavy (non-hydrogen) atoms. The lowest BCUT2D eigenvalue weighted by molar-refractivity contribution is -0.128. The third-order valence-electron chi connectivity index (χ3n) is 6.93. The van der Waals surface area contributed by atoms with Crippen LogP contribution in [-0.2, 0) is 29.7 Å². The number of carbonyl (C=O) groups excluding carboxylic acids is 1. The molecule has 3 heterocycles. The molecule has 0 radical (unpaired) electrons. The highest BCUT2D eigenvalue weighted by Crippen LogP contribution is 2.43. The third-order valence-corrected chi connectivity index (χ3v) is 6.93. The van der Waals surface area contributed by atoms with E-state index in [2.05, 4.69) is 10.4 Å². The van der Waals surface area contributed by atoms with Gasteiger partial charge in [-0.05, 0) is 49.8 Å². The van der Waals surface area contributed by atoms with Crippen LogP contribution < -0.4 is 20.5 Å². The number of rotatable bonds is 6. The largest absolute Gasteiger partial charge is 0.454 e. The van der Waals surface area contributed by atoms with E-state index in [0.717, 1.165) is 80.8 Å². The minimum Gasteiger partial charge on any atom is -0.454 e. The van der Waals surface area contributed by atoms with Crippen LogP contribution in [0.4, 0.5) is 0 Å². The number of carbonyl (C=O) groups is 1. The molecule has 1 N–H and O–H groups in total. The highest BCUT2D eigenvalue weighted by molar-refractivity contribution is 5.88. The zero-order valence-electron chi connectivity index (χ0n) is 17.9. The summed E-state index contributed by atoms with van der Waals surface area (Å²) in [6, 6.07) is 5.89. The number of aryl methyl sites for hydroxylation is 2. The van der Waals surface area contributed by atoms with Crippen molar-refractivity contribution in [2.75, 3.05) is 13.3 Å². The Labute approximate surface area is 181 Å². The van der Waals surface area contributed by atoms with Crippen molar-refractivity contribution in [2.24, 2.45) is 0 Å². The number of nitrogens with zero attached hydrogens (tertiary/aromatic N) is 3. The van der Waals surface area contributed by atoms with Crippen LogP contribution in [0.25, 0.3) is 0 Å². The van der Waals surface area contributed by atoms with Crippen molar-refractivity contribution >= 4 is 5.91 Å². The van der Waals surface area contributed by atoms with Crippen LogP contribution in [0, 0.1) is 0 Å². The van der Waals surface area contributed by atoms with Crippen molar-refractivity contribution in [3.63, 3.8) is 0 Å². The maximum Gasteiger partial charge on any atom is 0.345 e. The molecule has 1 aliphatic carbocycles. The second-order valence-electron chi connectivity index (χ2n) is 8.85. The molecular formula is C23H30N4O4. The monoisotopic (exact) mass is 426 g/mol. The lowest BCUT2D eigenvalue weighted by atomic mass is 9.68. The van der Waals surface area contributed by atoms with Crippen molar-refractivity contribution in [3.8, 4) is 11.5 Å². The molecule has 0 spiro atoms. The van der Waals surface area contributed by atoms with Gasteiger partial charge in [0, 0.05) is 26.1 Å². The van der Waals surface area contributed by atoms with E-state index in [-0.39, 0.29) is 18.4 Å². The molecule has 8 heteroatoms. The fourth-order valence-electron chi connectivity index (χ4n) is 5.19. The van der Waals surface area contributed by atoms with Crippen LogP contribution in [0.5, 0.6) is 11.5 Å². The molecule has 0 unspecified atom stereocenters. The number of ether oxygens (including phenoxy) is 2. The Balaban J connectivity index is 1.24. The van der Waals surface area contributed by atoms with Gasteiger partial charge in [0.05, 0.1) is 5.41 Å². The molecule has 1 aromatic carbocycles. The van der Waals surface area contributed by atoms with Crippen LogP contribution in [0.2, 0.25) is 0 Å². The Kier molecular flexibility index (Phi) is 5.46. The van der Waals surface area contributed by atoms with E-state index in [4.69, 9.17) is 9.47 Å². The summed E-state index contributed by atoms with van der Waals surface area (Å²) in [4.78, 5) is 25.9. The van der Waals surface area contributed by atoms with Gasteiger partial charge >= 0.3 is 5.69 Å². The van der Waals surface area contributed by atoms with Gasteiger partial charge in [0.15, 0.2) is 11.5 Å². The van der Waals surface area contributed by atoms with Gasteiger partial charge in [0.25, 0.3) is 0 Å². The van der Waals surface area contributed by atoms with Crippen molar-refractivity contribution < 1.29 is 14.3 Å². The number of fused-ring (bicyclic) bond motifs is 2. The number of aromatic nitrogens is 3. The number of nitrogens with one attached hydrogen (secondary N) is 1. The van der Waals surface area contributed by atoms with E-state index >= 15 is 0 Å². The van der Waals surface area contributed by atoms with Crippen LogP contribution in [0.3, 0.4) is 0 Å². The van der Waals surface area contributed by atoms with Crippen LogP contribution in [0.15, 0.2) is 23.0 Å². The number of amides is 1. The highest BCUT2D eigenvalue weighted by Gasteiger charge is 2.41. The summed E-state index contributed by atoms with van der Waals surface area (Å²) in [5.41, 5.74) is 0.459. The molecule has 0 saturated heterocycles. The number of hydrogen-bond acceptors (Lipinski definition) is 5. The summed E-state index contributed by atoms with van der Waals surface area (Å²) >= 11 is 0. The fraction of sp³-hybridized carbons (Fsp3) is 0.609. The van der Waals surface area contributed by atoms with Gasteiger partial charge in [0.1, 0.15) is 5.82 Å². The second-order valence-corrected chi connectivity index (χ2v) is 8.85. The molecule has 1 amide bonds. The van der Waals surface area contributed by atoms with E-state index in [1.54, 1.807) is 9.25 Å². The zero-order valence-corrected chi connectivity index (χ0v) is 17.9. The van der Waals surface area contributed by atoms with Crippen LogP contribution >= 0.6 is 0 Å². The molecule has 1 aromatic heterocycles. The van der Waals surface area contributed by atoms with Gasteiger partial charge in [-0.15, -0.1) is 0 Å². The van der Waals surface area contributed by atoms with Gasteiger partial charge in [-0.1, -0.05) is 25.3 Å². The Morgan fingerprint density at radius 2 is 1.94 bits per heavy atom. The van der Waals surface area contributed by atoms with Gasteiger partial charge < -0.3 is 14.8 Å². The van der Waals surface area contributed by atoms with E-state index < -0.39 is 5.41 Å². The first kappa shape index (κ1) is 20.2. The summed E-state index contributed by atoms with van der Waals surface area (Å²) in [5.74, 6) is 2.42. The summed E-state index contributed by atoms with van der Waals surface area (Å²) < 4.78 is 14.3. The van der Waals surface area contributed by atoms with Crippen molar-refractivity contribution in [1.29, 1.82) is 0 Å². The van der Waals surface area contributed by atoms with Gasteiger partial charge in [-0.3, -0.25) is 9.36 Å². The Bertz CT molecular complexity index is 1020. The quantitative estimate of drug-likeness (QED) is 0.718. The lowest BCUT2D eigenvalue weighted by Crippen LogP contribution is -2.46. The minimum atomic E-state index is -0.524. The third kappa shape index (κ3) is 3.72. The molecule has 2 aliphatic heterocycles. The molecule has 0 bridgehead atoms. The predicted molar refractivity (Wildman–Crippen MR) is 114 cm³/mol. The molecule has 3 aliphatic rings. The smallest absolute Gasteiger partial charge is 0.345 e. The molecule has 1 saturated carbocycles. The predicted octanol–water partition coefficient (Wildman–Crippen LogP) is 2.52. The molecule has 1 fully saturated rings. The number of hydrogen-bond donors (Lipinski definition) is 1. The highest BCUT2D eigenvalue weighted by atomic mass is 16.7. The fourth-order valence-corrected chi connectivity index (χ4v) is 5.19. The molecule has 0 atom stereocenters. The number of benzene rings is 1. The van der Waals surface area contributed by atoms with E-state index in [0.29, 0.717) is 19.5 Å². The normalized spacial score (nSPS) is 19.1. The van der Waals surface area contributed by atoms with Crippen molar-refractivity contribution in [3.05, 3.63) is 40.1 Å². The Morgan fingerprint density at radius 3 is 2.77 bits per heavy atom. The maximum absolute atomic E-state index is 13.4. The van der Waals surface area contributed by atoms with Gasteiger partial charge in [0.2, 0.25) is 12.7 Å². The summed E-state index contributed by atoms with van der Waals surface area (Å²) in [7, 11) is 0. The second kappa shape index (κ2) is 8.40. The SMILES string of the molecule is O=C(NCCCn1nc2n(c1=O)CCCC2)C1(c2ccc3c(c2)OCO3)CCCCC1. The first-order chi connectivity index (χ1) is 15.2. The molecule has 166 valence electrons. The first-order valence-corrected chi connectivity index (χ1v) is 11.5. The van der Waals surface area contributed by atoms with E-state index in [1.165, 1.54) is 0 Å². The zero-order chi connectivity index (χ0) is 21.3. The summed E-state index contributed by atoms with van der Waals surface area (Å²) in [5, 5.41) is 7.63. The Morgan fingerprint density at radius 1 is 1.10 bits per heavy atom. The van der Waals surface area contributed by atoms with Gasteiger partial charge in [-0.25, -0.2) is 9.48 Å². The lowest BCUT2D eigenvalue weighted by Gasteiger charge is -2.36. The van der Waals surface area contributed by atoms with Crippen molar-refractivity contribution in [2.45, 2.75) is 76.3 Å². The average Bonchev–Trinajstić information content (AvgIpc) is 3.41. The Hall–Kier alpha value is -2.77. The molecule has 8 nitrogen and oxygen atoms in total. The van der Waals surface area contributed by atoms with Crippen LogP contribution in [0.1, 0.15) is 62.8 Å².